The van der Waals surface area contributed by atoms with Crippen LogP contribution in [-0.4, -0.2) is 73.1 Å². The third kappa shape index (κ3) is 9.36. The second-order valence-electron chi connectivity index (χ2n) is 12.8. The summed E-state index contributed by atoms with van der Waals surface area (Å²) in [5, 5.41) is 10.9. The van der Waals surface area contributed by atoms with E-state index in [1.54, 1.807) is 35.5 Å². The Morgan fingerprint density at radius 3 is 2.25 bits per heavy atom. The molecule has 0 aliphatic carbocycles. The first-order valence-electron chi connectivity index (χ1n) is 17.4. The number of benzene rings is 3. The van der Waals surface area contributed by atoms with Crippen molar-refractivity contribution in [2.45, 2.75) is 64.3 Å². The lowest BCUT2D eigenvalue weighted by atomic mass is 9.92. The lowest BCUT2D eigenvalue weighted by Gasteiger charge is -2.28. The second kappa shape index (κ2) is 18.0. The van der Waals surface area contributed by atoms with Crippen LogP contribution in [0.4, 0.5) is 5.69 Å². The van der Waals surface area contributed by atoms with Crippen molar-refractivity contribution < 1.29 is 42.8 Å². The number of amides is 1. The Morgan fingerprint density at radius 1 is 0.824 bits per heavy atom. The smallest absolute Gasteiger partial charge is 0.255 e. The van der Waals surface area contributed by atoms with Crippen molar-refractivity contribution >= 4 is 17.3 Å². The van der Waals surface area contributed by atoms with Crippen molar-refractivity contribution in [3.05, 3.63) is 70.8 Å². The number of carbonyl (C=O) groups excluding carboxylic acids is 1. The molecule has 2 aliphatic heterocycles. The summed E-state index contributed by atoms with van der Waals surface area (Å²) in [6.07, 6.45) is 3.50. The van der Waals surface area contributed by atoms with Crippen molar-refractivity contribution in [1.82, 2.24) is 5.32 Å². The zero-order valence-electron chi connectivity index (χ0n) is 30.7. The van der Waals surface area contributed by atoms with Crippen LogP contribution in [-0.2, 0) is 14.3 Å². The zero-order valence-corrected chi connectivity index (χ0v) is 30.7. The first-order chi connectivity index (χ1) is 24.8. The quantitative estimate of drug-likeness (QED) is 0.126. The number of anilines is 1. The molecule has 3 aromatic rings. The predicted octanol–water partition coefficient (Wildman–Crippen LogP) is 7.01. The molecule has 0 radical (unpaired) electrons. The van der Waals surface area contributed by atoms with E-state index in [4.69, 9.17) is 38.0 Å². The molecule has 2 aliphatic rings. The highest BCUT2D eigenvalue weighted by Gasteiger charge is 2.31. The summed E-state index contributed by atoms with van der Waals surface area (Å²) in [5.41, 5.74) is 5.22. The fourth-order valence-electron chi connectivity index (χ4n) is 6.24. The number of hydrogen-bond acceptors (Lipinski definition) is 11. The molecule has 5 rings (SSSR count). The third-order valence-electron chi connectivity index (χ3n) is 9.32. The van der Waals surface area contributed by atoms with Crippen LogP contribution in [0.15, 0.2) is 53.7 Å². The molecule has 4 atom stereocenters. The van der Waals surface area contributed by atoms with Gasteiger partial charge in [0.2, 0.25) is 5.75 Å². The number of nitrogens with zero attached hydrogens (tertiary/aromatic N) is 1. The summed E-state index contributed by atoms with van der Waals surface area (Å²) in [7, 11) is 8.12. The number of hydrogen-bond donors (Lipinski definition) is 2. The lowest BCUT2D eigenvalue weighted by molar-refractivity contribution is 0.0829. The van der Waals surface area contributed by atoms with E-state index in [1.165, 1.54) is 0 Å². The maximum atomic E-state index is 12.7. The molecule has 2 N–H and O–H groups in total. The molecular formula is C39H51N3O9. The van der Waals surface area contributed by atoms with E-state index in [0.717, 1.165) is 53.8 Å². The van der Waals surface area contributed by atoms with Crippen LogP contribution in [0.5, 0.6) is 28.7 Å². The average molecular weight is 706 g/mol. The molecular weight excluding hydrogens is 654 g/mol. The number of rotatable bonds is 19. The Balaban J connectivity index is 1.10. The Kier molecular flexibility index (Phi) is 13.3. The minimum Gasteiger partial charge on any atom is -0.493 e. The van der Waals surface area contributed by atoms with E-state index in [-0.39, 0.29) is 30.2 Å². The van der Waals surface area contributed by atoms with E-state index < -0.39 is 0 Å². The van der Waals surface area contributed by atoms with E-state index in [1.807, 2.05) is 55.5 Å². The number of unbranched alkanes of at least 4 members (excludes halogenated alkanes) is 1. The molecule has 12 heteroatoms. The number of aryl methyl sites for hydroxylation is 1. The highest BCUT2D eigenvalue weighted by atomic mass is 16.6. The topological polar surface area (TPSA) is 127 Å². The van der Waals surface area contributed by atoms with Gasteiger partial charge in [-0.15, -0.1) is 0 Å². The number of carbonyl (C=O) groups is 1. The van der Waals surface area contributed by atoms with Gasteiger partial charge in [0.25, 0.3) is 5.91 Å². The summed E-state index contributed by atoms with van der Waals surface area (Å²) in [5.74, 6) is 2.92. The average Bonchev–Trinajstić information content (AvgIpc) is 3.65. The first-order valence-corrected chi connectivity index (χ1v) is 17.4. The summed E-state index contributed by atoms with van der Waals surface area (Å²) < 4.78 is 40.0. The summed E-state index contributed by atoms with van der Waals surface area (Å²) in [4.78, 5) is 18.7. The minimum atomic E-state index is -0.378. The molecule has 276 valence electrons. The maximum absolute atomic E-state index is 12.7. The molecule has 0 saturated heterocycles. The standard InChI is InChI=1S/C39H51N3O9/c1-24-10-14-30-29(18-24)39(43)41-38(40-30)26-13-15-32(34(19-26)45-4)50-17-9-8-16-49-23-27(12-11-25(2)44-3)31-22-33(51-42-31)28-20-35(46-5)37(48-7)36(21-28)47-6/h10,13-15,18-21,25,27,33,38,40H,8-9,11-12,16-17,22-23H2,1-7H3,(H,41,43). The SMILES string of the molecule is COc1cc(C2NC(=O)c3cc(C)ccc3N2)ccc1OCCCCOCC(CCC(C)OC)C1=NOC(c2cc(OC)c(OC)c(OC)c2)C1. The molecule has 4 unspecified atom stereocenters. The molecule has 3 aromatic carbocycles. The zero-order chi connectivity index (χ0) is 36.3. The van der Waals surface area contributed by atoms with Crippen LogP contribution in [0, 0.1) is 12.8 Å². The number of ether oxygens (including phenoxy) is 7. The number of oxime groups is 1. The third-order valence-corrected chi connectivity index (χ3v) is 9.32. The van der Waals surface area contributed by atoms with Gasteiger partial charge >= 0.3 is 0 Å². The van der Waals surface area contributed by atoms with E-state index in [2.05, 4.69) is 22.7 Å². The van der Waals surface area contributed by atoms with Gasteiger partial charge < -0.3 is 48.6 Å². The number of methoxy groups -OCH3 is 5. The van der Waals surface area contributed by atoms with Gasteiger partial charge in [0, 0.05) is 37.3 Å². The predicted molar refractivity (Wildman–Crippen MR) is 195 cm³/mol. The van der Waals surface area contributed by atoms with Gasteiger partial charge in [-0.3, -0.25) is 4.79 Å². The van der Waals surface area contributed by atoms with Crippen LogP contribution in [0.25, 0.3) is 0 Å². The lowest BCUT2D eigenvalue weighted by Crippen LogP contribution is -2.38. The molecule has 1 amide bonds. The normalized spacial score (nSPS) is 17.6. The van der Waals surface area contributed by atoms with Crippen molar-refractivity contribution in [3.63, 3.8) is 0 Å². The van der Waals surface area contributed by atoms with Gasteiger partial charge in [-0.1, -0.05) is 22.9 Å². The van der Waals surface area contributed by atoms with Crippen molar-refractivity contribution in [2.24, 2.45) is 11.1 Å². The molecule has 0 aromatic heterocycles. The van der Waals surface area contributed by atoms with Gasteiger partial charge in [0.15, 0.2) is 29.1 Å². The van der Waals surface area contributed by atoms with Crippen LogP contribution in [0.1, 0.15) is 78.3 Å². The Bertz CT molecular complexity index is 1640. The van der Waals surface area contributed by atoms with E-state index in [0.29, 0.717) is 60.6 Å². The highest BCUT2D eigenvalue weighted by molar-refractivity contribution is 6.02. The molecule has 0 spiro atoms. The second-order valence-corrected chi connectivity index (χ2v) is 12.8. The van der Waals surface area contributed by atoms with Crippen molar-refractivity contribution in [1.29, 1.82) is 0 Å². The molecule has 51 heavy (non-hydrogen) atoms. The Morgan fingerprint density at radius 2 is 1.55 bits per heavy atom. The maximum Gasteiger partial charge on any atom is 0.255 e. The fraction of sp³-hybridized carbons (Fsp3) is 0.487. The molecule has 2 heterocycles. The van der Waals surface area contributed by atoms with Crippen molar-refractivity contribution in [2.75, 3.05) is 60.7 Å². The Hall–Kier alpha value is -4.68. The van der Waals surface area contributed by atoms with Crippen molar-refractivity contribution in [3.8, 4) is 28.7 Å². The first kappa shape index (κ1) is 37.6. The monoisotopic (exact) mass is 705 g/mol. The summed E-state index contributed by atoms with van der Waals surface area (Å²) >= 11 is 0. The van der Waals surface area contributed by atoms with Gasteiger partial charge in [-0.2, -0.15) is 0 Å². The fourth-order valence-corrected chi connectivity index (χ4v) is 6.24. The summed E-state index contributed by atoms with van der Waals surface area (Å²) in [6.45, 7) is 5.67. The minimum absolute atomic E-state index is 0.0923. The Labute approximate surface area is 300 Å². The van der Waals surface area contributed by atoms with Gasteiger partial charge in [0.1, 0.15) is 6.17 Å². The molecule has 0 saturated carbocycles. The largest absolute Gasteiger partial charge is 0.493 e. The van der Waals surface area contributed by atoms with Crippen LogP contribution in [0.3, 0.4) is 0 Å². The highest BCUT2D eigenvalue weighted by Crippen LogP contribution is 2.42. The van der Waals surface area contributed by atoms with E-state index in [9.17, 15) is 4.79 Å². The van der Waals surface area contributed by atoms with Gasteiger partial charge in [-0.25, -0.2) is 0 Å². The van der Waals surface area contributed by atoms with Gasteiger partial charge in [0.05, 0.1) is 59.0 Å². The molecule has 12 nitrogen and oxygen atoms in total. The van der Waals surface area contributed by atoms with Crippen LogP contribution in [0.2, 0.25) is 0 Å². The van der Waals surface area contributed by atoms with Crippen LogP contribution < -0.4 is 34.3 Å². The molecule has 0 fully saturated rings. The van der Waals surface area contributed by atoms with E-state index >= 15 is 0 Å². The van der Waals surface area contributed by atoms with Crippen LogP contribution >= 0.6 is 0 Å². The number of fused-ring (bicyclic) bond motifs is 1. The summed E-state index contributed by atoms with van der Waals surface area (Å²) in [6, 6.07) is 15.3. The number of nitrogens with one attached hydrogen (secondary N) is 2. The molecule has 0 bridgehead atoms. The van der Waals surface area contributed by atoms with Gasteiger partial charge in [-0.05, 0) is 81.5 Å².